The molecule has 0 radical (unpaired) electrons. The van der Waals surface area contributed by atoms with Gasteiger partial charge < -0.3 is 15.4 Å². The van der Waals surface area contributed by atoms with Gasteiger partial charge in [0, 0.05) is 19.0 Å². The number of amides is 2. The number of rotatable bonds is 4. The molecule has 0 spiro atoms. The number of carbonyl (C=O) groups is 2. The number of hydrogen-bond acceptors (Lipinski definition) is 3. The lowest BCUT2D eigenvalue weighted by Gasteiger charge is -2.30. The number of methoxy groups -OCH3 is 1. The SMILES string of the molecule is CNC(=O)C(=O)NCC1(c2ccc(OC)cc2)CCCC1. The van der Waals surface area contributed by atoms with E-state index in [1.54, 1.807) is 7.11 Å². The third-order valence-electron chi connectivity index (χ3n) is 4.28. The largest absolute Gasteiger partial charge is 0.497 e. The fraction of sp³-hybridized carbons (Fsp3) is 0.500. The Morgan fingerprint density at radius 1 is 1.14 bits per heavy atom. The van der Waals surface area contributed by atoms with Gasteiger partial charge in [0.1, 0.15) is 5.75 Å². The van der Waals surface area contributed by atoms with E-state index in [0.717, 1.165) is 31.4 Å². The molecule has 0 bridgehead atoms. The smallest absolute Gasteiger partial charge is 0.309 e. The molecule has 0 aromatic heterocycles. The minimum atomic E-state index is -0.599. The van der Waals surface area contributed by atoms with Crippen LogP contribution in [0.15, 0.2) is 24.3 Å². The Morgan fingerprint density at radius 3 is 2.29 bits per heavy atom. The first kappa shape index (κ1) is 15.4. The lowest BCUT2D eigenvalue weighted by Crippen LogP contribution is -2.44. The van der Waals surface area contributed by atoms with Crippen molar-refractivity contribution in [2.24, 2.45) is 0 Å². The molecule has 0 saturated heterocycles. The van der Waals surface area contributed by atoms with Gasteiger partial charge in [-0.3, -0.25) is 9.59 Å². The predicted molar refractivity (Wildman–Crippen MR) is 80.2 cm³/mol. The Labute approximate surface area is 125 Å². The van der Waals surface area contributed by atoms with Gasteiger partial charge in [0.15, 0.2) is 0 Å². The van der Waals surface area contributed by atoms with Gasteiger partial charge in [-0.05, 0) is 30.5 Å². The molecule has 1 aromatic carbocycles. The average Bonchev–Trinajstić information content (AvgIpc) is 3.02. The van der Waals surface area contributed by atoms with Crippen molar-refractivity contribution >= 4 is 11.8 Å². The fourth-order valence-corrected chi connectivity index (χ4v) is 3.01. The molecule has 1 aromatic rings. The maximum absolute atomic E-state index is 11.7. The number of benzene rings is 1. The van der Waals surface area contributed by atoms with E-state index in [9.17, 15) is 9.59 Å². The molecular weight excluding hydrogens is 268 g/mol. The molecule has 2 N–H and O–H groups in total. The van der Waals surface area contributed by atoms with E-state index in [1.165, 1.54) is 12.6 Å². The maximum atomic E-state index is 11.7. The minimum Gasteiger partial charge on any atom is -0.497 e. The summed E-state index contributed by atoms with van der Waals surface area (Å²) in [5.74, 6) is -0.351. The summed E-state index contributed by atoms with van der Waals surface area (Å²) in [7, 11) is 3.10. The summed E-state index contributed by atoms with van der Waals surface area (Å²) in [6.45, 7) is 0.492. The lowest BCUT2D eigenvalue weighted by molar-refractivity contribution is -0.139. The Balaban J connectivity index is 2.12. The zero-order valence-corrected chi connectivity index (χ0v) is 12.6. The zero-order chi connectivity index (χ0) is 15.3. The van der Waals surface area contributed by atoms with Crippen LogP contribution in [0.5, 0.6) is 5.75 Å². The maximum Gasteiger partial charge on any atom is 0.309 e. The Morgan fingerprint density at radius 2 is 1.76 bits per heavy atom. The first-order chi connectivity index (χ1) is 10.1. The average molecular weight is 290 g/mol. The van der Waals surface area contributed by atoms with E-state index in [1.807, 2.05) is 12.1 Å². The first-order valence-corrected chi connectivity index (χ1v) is 7.26. The highest BCUT2D eigenvalue weighted by atomic mass is 16.5. The fourth-order valence-electron chi connectivity index (χ4n) is 3.01. The standard InChI is InChI=1S/C16H22N2O3/c1-17-14(19)15(20)18-11-16(9-3-4-10-16)12-5-7-13(21-2)8-6-12/h5-8H,3-4,9-11H2,1-2H3,(H,17,19)(H,18,20). The molecule has 0 aliphatic heterocycles. The molecule has 114 valence electrons. The van der Waals surface area contributed by atoms with Crippen LogP contribution in [-0.4, -0.2) is 32.5 Å². The van der Waals surface area contributed by atoms with Gasteiger partial charge >= 0.3 is 11.8 Å². The Hall–Kier alpha value is -2.04. The van der Waals surface area contributed by atoms with Crippen LogP contribution >= 0.6 is 0 Å². The monoisotopic (exact) mass is 290 g/mol. The molecule has 2 rings (SSSR count). The molecule has 1 fully saturated rings. The second kappa shape index (κ2) is 6.61. The minimum absolute atomic E-state index is 0.0735. The van der Waals surface area contributed by atoms with Crippen molar-refractivity contribution in [2.45, 2.75) is 31.1 Å². The van der Waals surface area contributed by atoms with Gasteiger partial charge in [-0.2, -0.15) is 0 Å². The number of ether oxygens (including phenoxy) is 1. The highest BCUT2D eigenvalue weighted by Gasteiger charge is 2.36. The normalized spacial score (nSPS) is 16.3. The van der Waals surface area contributed by atoms with Crippen LogP contribution in [0.25, 0.3) is 0 Å². The number of nitrogens with one attached hydrogen (secondary N) is 2. The van der Waals surface area contributed by atoms with Gasteiger partial charge in [0.25, 0.3) is 0 Å². The Bertz CT molecular complexity index is 505. The van der Waals surface area contributed by atoms with Crippen molar-refractivity contribution in [1.82, 2.24) is 10.6 Å². The molecule has 2 amide bonds. The topological polar surface area (TPSA) is 67.4 Å². The molecule has 1 aliphatic rings. The lowest BCUT2D eigenvalue weighted by atomic mass is 9.78. The summed E-state index contributed by atoms with van der Waals surface area (Å²) in [4.78, 5) is 23.0. The summed E-state index contributed by atoms with van der Waals surface area (Å²) in [6, 6.07) is 7.98. The quantitative estimate of drug-likeness (QED) is 0.823. The van der Waals surface area contributed by atoms with Crippen LogP contribution in [0.3, 0.4) is 0 Å². The van der Waals surface area contributed by atoms with Crippen LogP contribution in [-0.2, 0) is 15.0 Å². The molecule has 1 aliphatic carbocycles. The second-order valence-electron chi connectivity index (χ2n) is 5.48. The third-order valence-corrected chi connectivity index (χ3v) is 4.28. The molecular formula is C16H22N2O3. The number of carbonyl (C=O) groups excluding carboxylic acids is 2. The third kappa shape index (κ3) is 3.35. The highest BCUT2D eigenvalue weighted by Crippen LogP contribution is 2.41. The molecule has 21 heavy (non-hydrogen) atoms. The van der Waals surface area contributed by atoms with Crippen LogP contribution in [0.4, 0.5) is 0 Å². The molecule has 0 unspecified atom stereocenters. The van der Waals surface area contributed by atoms with E-state index in [-0.39, 0.29) is 5.41 Å². The molecule has 0 heterocycles. The van der Waals surface area contributed by atoms with Gasteiger partial charge in [0.2, 0.25) is 0 Å². The van der Waals surface area contributed by atoms with Crippen LogP contribution in [0, 0.1) is 0 Å². The molecule has 0 atom stereocenters. The van der Waals surface area contributed by atoms with E-state index in [4.69, 9.17) is 4.74 Å². The summed E-state index contributed by atoms with van der Waals surface area (Å²) in [6.07, 6.45) is 4.32. The van der Waals surface area contributed by atoms with E-state index in [2.05, 4.69) is 22.8 Å². The van der Waals surface area contributed by atoms with E-state index < -0.39 is 11.8 Å². The van der Waals surface area contributed by atoms with E-state index >= 15 is 0 Å². The van der Waals surface area contributed by atoms with Crippen molar-refractivity contribution in [3.8, 4) is 5.75 Å². The summed E-state index contributed by atoms with van der Waals surface area (Å²) in [5, 5.41) is 5.10. The van der Waals surface area contributed by atoms with Crippen molar-refractivity contribution < 1.29 is 14.3 Å². The van der Waals surface area contributed by atoms with Gasteiger partial charge in [0.05, 0.1) is 7.11 Å². The van der Waals surface area contributed by atoms with Crippen LogP contribution in [0.1, 0.15) is 31.2 Å². The van der Waals surface area contributed by atoms with Gasteiger partial charge in [-0.15, -0.1) is 0 Å². The summed E-state index contributed by atoms with van der Waals surface area (Å²) >= 11 is 0. The predicted octanol–water partition coefficient (Wildman–Crippen LogP) is 1.37. The highest BCUT2D eigenvalue weighted by molar-refractivity contribution is 6.35. The zero-order valence-electron chi connectivity index (χ0n) is 12.6. The van der Waals surface area contributed by atoms with Crippen LogP contribution < -0.4 is 15.4 Å². The van der Waals surface area contributed by atoms with Crippen molar-refractivity contribution in [3.05, 3.63) is 29.8 Å². The second-order valence-corrected chi connectivity index (χ2v) is 5.48. The van der Waals surface area contributed by atoms with Crippen molar-refractivity contribution in [2.75, 3.05) is 20.7 Å². The molecule has 5 heteroatoms. The van der Waals surface area contributed by atoms with Crippen LogP contribution in [0.2, 0.25) is 0 Å². The summed E-state index contributed by atoms with van der Waals surface area (Å²) < 4.78 is 5.19. The molecule has 5 nitrogen and oxygen atoms in total. The van der Waals surface area contributed by atoms with Gasteiger partial charge in [-0.25, -0.2) is 0 Å². The van der Waals surface area contributed by atoms with Gasteiger partial charge in [-0.1, -0.05) is 25.0 Å². The Kier molecular flexibility index (Phi) is 4.83. The summed E-state index contributed by atoms with van der Waals surface area (Å²) in [5.41, 5.74) is 1.12. The number of hydrogen-bond donors (Lipinski definition) is 2. The number of likely N-dealkylation sites (N-methyl/N-ethyl adjacent to an activating group) is 1. The first-order valence-electron chi connectivity index (χ1n) is 7.26. The van der Waals surface area contributed by atoms with Crippen molar-refractivity contribution in [3.63, 3.8) is 0 Å². The van der Waals surface area contributed by atoms with E-state index in [0.29, 0.717) is 6.54 Å². The van der Waals surface area contributed by atoms with Crippen molar-refractivity contribution in [1.29, 1.82) is 0 Å². The molecule has 1 saturated carbocycles.